The third-order valence-electron chi connectivity index (χ3n) is 6.17. The summed E-state index contributed by atoms with van der Waals surface area (Å²) in [6.45, 7) is 0. The van der Waals surface area contributed by atoms with Gasteiger partial charge in [0.25, 0.3) is 0 Å². The quantitative estimate of drug-likeness (QED) is 0.251. The van der Waals surface area contributed by atoms with Crippen LogP contribution in [0.3, 0.4) is 0 Å². The maximum absolute atomic E-state index is 14.5. The van der Waals surface area contributed by atoms with Gasteiger partial charge in [0.2, 0.25) is 0 Å². The molecule has 2 aromatic heterocycles. The highest BCUT2D eigenvalue weighted by Crippen LogP contribution is 2.38. The molecule has 0 aliphatic carbocycles. The minimum atomic E-state index is -2.66. The lowest BCUT2D eigenvalue weighted by molar-refractivity contribution is 0.619. The van der Waals surface area contributed by atoms with Crippen molar-refractivity contribution < 1.29 is 8.63 Å². The summed E-state index contributed by atoms with van der Waals surface area (Å²) in [6, 6.07) is 37.1. The van der Waals surface area contributed by atoms with Crippen LogP contribution in [0.15, 0.2) is 115 Å². The maximum atomic E-state index is 14.5. The molecule has 0 fully saturated rings. The first-order valence-electron chi connectivity index (χ1n) is 11.0. The first kappa shape index (κ1) is 21.0. The van der Waals surface area contributed by atoms with Crippen LogP contribution in [0, 0.1) is 0 Å². The van der Waals surface area contributed by atoms with Gasteiger partial charge in [-0.2, -0.15) is 0 Å². The number of aromatic nitrogens is 2. The van der Waals surface area contributed by atoms with Gasteiger partial charge in [0.05, 0.1) is 5.92 Å². The van der Waals surface area contributed by atoms with Crippen molar-refractivity contribution in [1.82, 2.24) is 9.05 Å². The summed E-state index contributed by atoms with van der Waals surface area (Å²) >= 11 is 0. The van der Waals surface area contributed by atoms with E-state index in [1.165, 1.54) is 4.48 Å². The summed E-state index contributed by atoms with van der Waals surface area (Å²) in [5, 5.41) is 0. The molecule has 0 aliphatic heterocycles. The van der Waals surface area contributed by atoms with Gasteiger partial charge in [-0.3, -0.25) is 8.63 Å². The predicted molar refractivity (Wildman–Crippen MR) is 131 cm³/mol. The van der Waals surface area contributed by atoms with Gasteiger partial charge in [0.15, 0.2) is 0 Å². The molecule has 5 aromatic rings. The monoisotopic (exact) mass is 436 g/mol. The molecule has 2 heterocycles. The van der Waals surface area contributed by atoms with Crippen LogP contribution in [0.1, 0.15) is 22.9 Å². The van der Waals surface area contributed by atoms with Gasteiger partial charge in [0.1, 0.15) is 0 Å². The van der Waals surface area contributed by atoms with Crippen molar-refractivity contribution in [3.63, 3.8) is 0 Å². The van der Waals surface area contributed by atoms with E-state index < -0.39 is 7.40 Å². The Labute approximate surface area is 193 Å². The Kier molecular flexibility index (Phi) is 5.70. The standard InChI is InChI=1S/C28H23BF2N2/c1-32-24(21-11-5-2-6-12-21)17-19-26(32)28(23-15-9-4-10-16-23)27-20-18-25(33(27)29(30)31)22-13-7-3-8-14-22/h2-20,28H,1H3. The smallest absolute Gasteiger partial charge is 0.347 e. The fraction of sp³-hybridized carbons (Fsp3) is 0.0714. The van der Waals surface area contributed by atoms with Crippen molar-refractivity contribution in [2.45, 2.75) is 5.92 Å². The van der Waals surface area contributed by atoms with E-state index >= 15 is 0 Å². The Hall–Kier alpha value is -3.86. The van der Waals surface area contributed by atoms with E-state index in [4.69, 9.17) is 0 Å². The van der Waals surface area contributed by atoms with Crippen molar-refractivity contribution in [2.24, 2.45) is 7.05 Å². The SMILES string of the molecule is Cn1c(-c2ccccc2)ccc1C(c1ccccc1)c1ccc(-c2ccccc2)n1B(F)F. The summed E-state index contributed by atoms with van der Waals surface area (Å²) in [6.07, 6.45) is 0. The van der Waals surface area contributed by atoms with Crippen molar-refractivity contribution in [1.29, 1.82) is 0 Å². The Morgan fingerprint density at radius 2 is 1.06 bits per heavy atom. The summed E-state index contributed by atoms with van der Waals surface area (Å²) in [4.78, 5) is 0. The van der Waals surface area contributed by atoms with E-state index in [1.54, 1.807) is 6.07 Å². The number of benzene rings is 3. The molecular formula is C28H23BF2N2. The molecule has 1 unspecified atom stereocenters. The van der Waals surface area contributed by atoms with Gasteiger partial charge in [0, 0.05) is 29.8 Å². The van der Waals surface area contributed by atoms with Gasteiger partial charge < -0.3 is 9.05 Å². The Morgan fingerprint density at radius 1 is 0.576 bits per heavy atom. The van der Waals surface area contributed by atoms with Gasteiger partial charge >= 0.3 is 7.40 Å². The van der Waals surface area contributed by atoms with Gasteiger partial charge in [-0.15, -0.1) is 0 Å². The number of hydrogen-bond donors (Lipinski definition) is 0. The van der Waals surface area contributed by atoms with E-state index in [-0.39, 0.29) is 5.92 Å². The molecule has 0 saturated carbocycles. The molecule has 5 rings (SSSR count). The van der Waals surface area contributed by atoms with E-state index in [9.17, 15) is 8.63 Å². The minimum absolute atomic E-state index is 0.347. The van der Waals surface area contributed by atoms with Crippen molar-refractivity contribution >= 4 is 7.40 Å². The molecule has 0 aliphatic rings. The third kappa shape index (κ3) is 3.91. The normalized spacial score (nSPS) is 12.0. The summed E-state index contributed by atoms with van der Waals surface area (Å²) in [5.41, 5.74) is 5.91. The van der Waals surface area contributed by atoms with Crippen LogP contribution in [0.4, 0.5) is 8.63 Å². The van der Waals surface area contributed by atoms with E-state index in [1.807, 2.05) is 98.0 Å². The average molecular weight is 436 g/mol. The molecule has 1 atom stereocenters. The highest BCUT2D eigenvalue weighted by molar-refractivity contribution is 6.42. The molecule has 0 saturated heterocycles. The molecule has 0 spiro atoms. The molecule has 5 heteroatoms. The molecule has 33 heavy (non-hydrogen) atoms. The Bertz CT molecular complexity index is 1340. The zero-order valence-electron chi connectivity index (χ0n) is 18.3. The zero-order chi connectivity index (χ0) is 22.8. The second kappa shape index (κ2) is 8.95. The lowest BCUT2D eigenvalue weighted by Crippen LogP contribution is -2.21. The van der Waals surface area contributed by atoms with E-state index in [0.29, 0.717) is 11.4 Å². The lowest BCUT2D eigenvalue weighted by atomic mass is 9.91. The summed E-state index contributed by atoms with van der Waals surface area (Å²) < 4.78 is 32.3. The highest BCUT2D eigenvalue weighted by atomic mass is 19.2. The van der Waals surface area contributed by atoms with Crippen LogP contribution in [0.2, 0.25) is 0 Å². The molecule has 3 aromatic carbocycles. The second-order valence-electron chi connectivity index (χ2n) is 8.07. The van der Waals surface area contributed by atoms with Crippen LogP contribution in [-0.4, -0.2) is 16.4 Å². The number of hydrogen-bond acceptors (Lipinski definition) is 0. The molecule has 0 radical (unpaired) electrons. The number of nitrogens with zero attached hydrogens (tertiary/aromatic N) is 2. The molecule has 0 N–H and O–H groups in total. The van der Waals surface area contributed by atoms with E-state index in [0.717, 1.165) is 28.1 Å². The predicted octanol–water partition coefficient (Wildman–Crippen LogP) is 7.11. The van der Waals surface area contributed by atoms with Crippen molar-refractivity contribution in [2.75, 3.05) is 0 Å². The average Bonchev–Trinajstić information content (AvgIpc) is 3.46. The van der Waals surface area contributed by atoms with Crippen LogP contribution < -0.4 is 0 Å². The fourth-order valence-electron chi connectivity index (χ4n) is 4.62. The van der Waals surface area contributed by atoms with Crippen LogP contribution in [-0.2, 0) is 7.05 Å². The first-order valence-corrected chi connectivity index (χ1v) is 11.0. The first-order chi connectivity index (χ1) is 16.1. The molecule has 0 amide bonds. The molecule has 0 bridgehead atoms. The lowest BCUT2D eigenvalue weighted by Gasteiger charge is -2.22. The Morgan fingerprint density at radius 3 is 1.64 bits per heavy atom. The number of rotatable bonds is 6. The highest BCUT2D eigenvalue weighted by Gasteiger charge is 2.31. The zero-order valence-corrected chi connectivity index (χ0v) is 18.3. The van der Waals surface area contributed by atoms with Crippen LogP contribution >= 0.6 is 0 Å². The van der Waals surface area contributed by atoms with E-state index in [2.05, 4.69) is 22.8 Å². The summed E-state index contributed by atoms with van der Waals surface area (Å²) in [5.74, 6) is -0.347. The van der Waals surface area contributed by atoms with Crippen molar-refractivity contribution in [3.05, 3.63) is 132 Å². The largest absolute Gasteiger partial charge is 0.677 e. The summed E-state index contributed by atoms with van der Waals surface area (Å²) in [7, 11) is -0.660. The fourth-order valence-corrected chi connectivity index (χ4v) is 4.62. The molecule has 2 nitrogen and oxygen atoms in total. The van der Waals surface area contributed by atoms with Crippen molar-refractivity contribution in [3.8, 4) is 22.5 Å². The number of halogens is 2. The maximum Gasteiger partial charge on any atom is 0.677 e. The van der Waals surface area contributed by atoms with Crippen LogP contribution in [0.25, 0.3) is 22.5 Å². The van der Waals surface area contributed by atoms with Gasteiger partial charge in [-0.05, 0) is 41.0 Å². The van der Waals surface area contributed by atoms with Crippen LogP contribution in [0.5, 0.6) is 0 Å². The van der Waals surface area contributed by atoms with Gasteiger partial charge in [-0.25, -0.2) is 0 Å². The molecular weight excluding hydrogens is 413 g/mol. The second-order valence-corrected chi connectivity index (χ2v) is 8.07. The Balaban J connectivity index is 1.71. The van der Waals surface area contributed by atoms with Gasteiger partial charge in [-0.1, -0.05) is 91.0 Å². The molecule has 162 valence electrons. The third-order valence-corrected chi connectivity index (χ3v) is 6.17. The topological polar surface area (TPSA) is 9.86 Å². The minimum Gasteiger partial charge on any atom is -0.347 e.